The lowest BCUT2D eigenvalue weighted by Crippen LogP contribution is -2.24. The Hall–Kier alpha value is -2.84. The van der Waals surface area contributed by atoms with Crippen LogP contribution in [0.4, 0.5) is 13.2 Å². The first-order chi connectivity index (χ1) is 12.3. The fourth-order valence-electron chi connectivity index (χ4n) is 2.68. The number of carbonyl (C=O) groups excluding carboxylic acids is 1. The first-order valence-corrected chi connectivity index (χ1v) is 8.11. The summed E-state index contributed by atoms with van der Waals surface area (Å²) in [7, 11) is 1.71. The number of hydrogen-bond acceptors (Lipinski definition) is 3. The molecule has 26 heavy (non-hydrogen) atoms. The maximum atomic E-state index is 12.8. The summed E-state index contributed by atoms with van der Waals surface area (Å²) in [4.78, 5) is 16.1. The summed E-state index contributed by atoms with van der Waals surface area (Å²) in [5.41, 5.74) is 0.100. The molecule has 0 radical (unpaired) electrons. The Kier molecular flexibility index (Phi) is 4.97. The Morgan fingerprint density at radius 3 is 2.81 bits per heavy atom. The minimum Gasteiger partial charge on any atom is -0.349 e. The van der Waals surface area contributed by atoms with Gasteiger partial charge in [0.05, 0.1) is 23.1 Å². The summed E-state index contributed by atoms with van der Waals surface area (Å²) in [5.74, 6) is 0.361. The molecule has 0 spiro atoms. The van der Waals surface area contributed by atoms with Gasteiger partial charge in [-0.25, -0.2) is 4.98 Å². The molecule has 2 aromatic heterocycles. The van der Waals surface area contributed by atoms with Crippen molar-refractivity contribution in [1.82, 2.24) is 24.6 Å². The molecule has 1 aromatic carbocycles. The van der Waals surface area contributed by atoms with E-state index in [1.54, 1.807) is 22.5 Å². The normalized spacial score (nSPS) is 11.8. The predicted octanol–water partition coefficient (Wildman–Crippen LogP) is 2.89. The van der Waals surface area contributed by atoms with E-state index in [1.807, 2.05) is 12.3 Å². The molecule has 0 unspecified atom stereocenters. The van der Waals surface area contributed by atoms with E-state index in [0.29, 0.717) is 30.7 Å². The van der Waals surface area contributed by atoms with Gasteiger partial charge in [0.15, 0.2) is 0 Å². The van der Waals surface area contributed by atoms with Crippen LogP contribution in [0.2, 0.25) is 0 Å². The van der Waals surface area contributed by atoms with Crippen LogP contribution >= 0.6 is 0 Å². The first kappa shape index (κ1) is 18.0. The largest absolute Gasteiger partial charge is 0.416 e. The molecule has 0 aliphatic rings. The maximum Gasteiger partial charge on any atom is 0.416 e. The third kappa shape index (κ3) is 4.04. The van der Waals surface area contributed by atoms with Crippen molar-refractivity contribution in [1.29, 1.82) is 0 Å². The van der Waals surface area contributed by atoms with E-state index in [4.69, 9.17) is 0 Å². The van der Waals surface area contributed by atoms with Crippen LogP contribution in [0.3, 0.4) is 0 Å². The van der Waals surface area contributed by atoms with Crippen molar-refractivity contribution in [2.24, 2.45) is 7.05 Å². The maximum absolute atomic E-state index is 12.8. The Morgan fingerprint density at radius 1 is 1.31 bits per heavy atom. The van der Waals surface area contributed by atoms with Crippen LogP contribution in [-0.4, -0.2) is 25.2 Å². The topological polar surface area (TPSA) is 64.7 Å². The molecular formula is C17H18F3N5O. The number of amides is 1. The smallest absolute Gasteiger partial charge is 0.349 e. The summed E-state index contributed by atoms with van der Waals surface area (Å²) in [6.45, 7) is 0.806. The van der Waals surface area contributed by atoms with Crippen LogP contribution in [0.1, 0.15) is 24.2 Å². The molecule has 0 aliphatic heterocycles. The molecule has 6 nitrogen and oxygen atoms in total. The number of fused-ring (bicyclic) bond motifs is 1. The molecule has 3 aromatic rings. The fourth-order valence-corrected chi connectivity index (χ4v) is 2.68. The van der Waals surface area contributed by atoms with Gasteiger partial charge >= 0.3 is 6.18 Å². The molecule has 3 rings (SSSR count). The van der Waals surface area contributed by atoms with Gasteiger partial charge in [0.1, 0.15) is 5.82 Å². The number of hydrogen-bond donors (Lipinski definition) is 1. The second kappa shape index (κ2) is 7.19. The third-order valence-corrected chi connectivity index (χ3v) is 4.09. The highest BCUT2D eigenvalue weighted by Gasteiger charge is 2.31. The van der Waals surface area contributed by atoms with Crippen LogP contribution in [0, 0.1) is 0 Å². The zero-order valence-corrected chi connectivity index (χ0v) is 14.1. The van der Waals surface area contributed by atoms with E-state index in [-0.39, 0.29) is 18.0 Å². The number of halogens is 3. The number of rotatable bonds is 6. The lowest BCUT2D eigenvalue weighted by Gasteiger charge is -2.06. The highest BCUT2D eigenvalue weighted by atomic mass is 19.4. The van der Waals surface area contributed by atoms with E-state index in [0.717, 1.165) is 12.1 Å². The second-order valence-corrected chi connectivity index (χ2v) is 5.94. The third-order valence-electron chi connectivity index (χ3n) is 4.09. The summed E-state index contributed by atoms with van der Waals surface area (Å²) in [6.07, 6.45) is 0.0737. The highest BCUT2D eigenvalue weighted by Crippen LogP contribution is 2.31. The molecule has 2 heterocycles. The van der Waals surface area contributed by atoms with Gasteiger partial charge in [-0.3, -0.25) is 9.48 Å². The van der Waals surface area contributed by atoms with E-state index >= 15 is 0 Å². The summed E-state index contributed by atoms with van der Waals surface area (Å²) in [6, 6.07) is 5.25. The highest BCUT2D eigenvalue weighted by molar-refractivity contribution is 5.78. The van der Waals surface area contributed by atoms with Gasteiger partial charge in [0.2, 0.25) is 5.91 Å². The molecular weight excluding hydrogens is 347 g/mol. The Morgan fingerprint density at radius 2 is 2.12 bits per heavy atom. The van der Waals surface area contributed by atoms with E-state index < -0.39 is 11.7 Å². The molecule has 0 saturated carbocycles. The van der Waals surface area contributed by atoms with Crippen molar-refractivity contribution in [3.63, 3.8) is 0 Å². The zero-order valence-electron chi connectivity index (χ0n) is 14.1. The van der Waals surface area contributed by atoms with E-state index in [1.165, 1.54) is 6.07 Å². The van der Waals surface area contributed by atoms with Gasteiger partial charge in [0.25, 0.3) is 0 Å². The minimum atomic E-state index is -4.41. The Balaban J connectivity index is 1.59. The van der Waals surface area contributed by atoms with Gasteiger partial charge in [-0.05, 0) is 30.7 Å². The molecule has 9 heteroatoms. The van der Waals surface area contributed by atoms with Crippen LogP contribution in [0.25, 0.3) is 11.0 Å². The van der Waals surface area contributed by atoms with Gasteiger partial charge in [-0.15, -0.1) is 0 Å². The lowest BCUT2D eigenvalue weighted by molar-refractivity contribution is -0.137. The second-order valence-electron chi connectivity index (χ2n) is 5.94. The first-order valence-electron chi connectivity index (χ1n) is 8.11. The molecule has 0 saturated heterocycles. The Bertz CT molecular complexity index is 899. The lowest BCUT2D eigenvalue weighted by atomic mass is 10.2. The van der Waals surface area contributed by atoms with Gasteiger partial charge < -0.3 is 9.88 Å². The number of nitrogens with zero attached hydrogens (tertiary/aromatic N) is 4. The monoisotopic (exact) mass is 365 g/mol. The summed E-state index contributed by atoms with van der Waals surface area (Å²) in [5, 5.41) is 6.81. The average molecular weight is 365 g/mol. The van der Waals surface area contributed by atoms with Crippen molar-refractivity contribution in [3.8, 4) is 0 Å². The van der Waals surface area contributed by atoms with Crippen LogP contribution < -0.4 is 5.32 Å². The molecule has 138 valence electrons. The number of imidazole rings is 1. The van der Waals surface area contributed by atoms with Gasteiger partial charge in [-0.1, -0.05) is 0 Å². The van der Waals surface area contributed by atoms with Crippen molar-refractivity contribution in [2.45, 2.75) is 32.1 Å². The molecule has 1 amide bonds. The van der Waals surface area contributed by atoms with E-state index in [2.05, 4.69) is 15.4 Å². The predicted molar refractivity (Wildman–Crippen MR) is 89.0 cm³/mol. The van der Waals surface area contributed by atoms with Crippen molar-refractivity contribution >= 4 is 16.9 Å². The van der Waals surface area contributed by atoms with Crippen LogP contribution in [0.15, 0.2) is 36.7 Å². The Labute approximate surface area is 147 Å². The van der Waals surface area contributed by atoms with Crippen molar-refractivity contribution < 1.29 is 18.0 Å². The quantitative estimate of drug-likeness (QED) is 0.731. The number of benzene rings is 1. The number of carbonyl (C=O) groups is 1. The number of aromatic nitrogens is 4. The minimum absolute atomic E-state index is 0.139. The standard InChI is InChI=1S/C17H18F3N5O/c1-24-14-6-5-12(17(18,19)20)10-13(14)23-15(24)11-21-16(26)4-2-8-25-9-3-7-22-25/h3,5-7,9-10H,2,4,8,11H2,1H3,(H,21,26). The molecule has 0 fully saturated rings. The zero-order chi connectivity index (χ0) is 18.7. The van der Waals surface area contributed by atoms with Gasteiger partial charge in [-0.2, -0.15) is 18.3 Å². The molecule has 1 N–H and O–H groups in total. The van der Waals surface area contributed by atoms with Crippen molar-refractivity contribution in [2.75, 3.05) is 0 Å². The fraction of sp³-hybridized carbons (Fsp3) is 0.353. The van der Waals surface area contributed by atoms with Crippen molar-refractivity contribution in [3.05, 3.63) is 48.0 Å². The van der Waals surface area contributed by atoms with Crippen LogP contribution in [0.5, 0.6) is 0 Å². The SMILES string of the molecule is Cn1c(CNC(=O)CCCn2cccn2)nc2cc(C(F)(F)F)ccc21. The molecule has 0 aliphatic carbocycles. The van der Waals surface area contributed by atoms with Crippen LogP contribution in [-0.2, 0) is 31.1 Å². The molecule has 0 atom stereocenters. The number of aryl methyl sites for hydroxylation is 2. The average Bonchev–Trinajstić information content (AvgIpc) is 3.20. The summed E-state index contributed by atoms with van der Waals surface area (Å²) < 4.78 is 41.8. The number of alkyl halides is 3. The number of nitrogens with one attached hydrogen (secondary N) is 1. The van der Waals surface area contributed by atoms with Gasteiger partial charge in [0, 0.05) is 32.4 Å². The summed E-state index contributed by atoms with van der Waals surface area (Å²) >= 11 is 0. The van der Waals surface area contributed by atoms with E-state index in [9.17, 15) is 18.0 Å². The molecule has 0 bridgehead atoms.